The van der Waals surface area contributed by atoms with Gasteiger partial charge in [0.05, 0.1) is 36.6 Å². The van der Waals surface area contributed by atoms with Crippen LogP contribution in [0.1, 0.15) is 111 Å². The molecule has 23 nitrogen and oxygen atoms in total. The molecule has 0 aromatic heterocycles. The molecule has 0 unspecified atom stereocenters. The number of benzene rings is 2. The van der Waals surface area contributed by atoms with E-state index in [-0.39, 0.29) is 59.6 Å². The van der Waals surface area contributed by atoms with Crippen molar-refractivity contribution < 1.29 is 85.1 Å². The molecule has 5 rings (SSSR count). The Bertz CT molecular complexity index is 2970. The largest absolute Gasteiger partial charge is 0.495 e. The third-order valence-electron chi connectivity index (χ3n) is 15.1. The van der Waals surface area contributed by atoms with E-state index in [2.05, 4.69) is 54.4 Å². The molecule has 0 radical (unpaired) electrons. The number of alkyl halides is 4. The molecule has 4 bridgehead atoms. The van der Waals surface area contributed by atoms with Gasteiger partial charge < -0.3 is 65.4 Å². The summed E-state index contributed by atoms with van der Waals surface area (Å²) < 4.78 is 79.6. The van der Waals surface area contributed by atoms with Crippen molar-refractivity contribution in [2.45, 2.75) is 166 Å². The maximum atomic E-state index is 15.1. The Morgan fingerprint density at radius 2 is 1.74 bits per heavy atom. The van der Waals surface area contributed by atoms with Crippen molar-refractivity contribution in [2.24, 2.45) is 17.6 Å². The average Bonchev–Trinajstić information content (AvgIpc) is 1.62. The molecule has 0 aliphatic carbocycles. The van der Waals surface area contributed by atoms with Crippen LogP contribution in [-0.4, -0.2) is 139 Å². The van der Waals surface area contributed by atoms with E-state index in [1.807, 2.05) is 6.92 Å². The van der Waals surface area contributed by atoms with Crippen LogP contribution in [-0.2, 0) is 60.3 Å². The Morgan fingerprint density at radius 1 is 1.03 bits per heavy atom. The smallest absolute Gasteiger partial charge is 0.418 e. The van der Waals surface area contributed by atoms with E-state index in [0.717, 1.165) is 17.7 Å². The van der Waals surface area contributed by atoms with E-state index in [4.69, 9.17) is 45.8 Å². The van der Waals surface area contributed by atoms with Crippen molar-refractivity contribution in [1.29, 1.82) is 0 Å². The minimum atomic E-state index is -5.19. The number of hydrogen-bond donors (Lipinski definition) is 8. The molecule has 8 amide bonds. The number of halogens is 5. The summed E-state index contributed by atoms with van der Waals surface area (Å²) in [6.45, 7) is 15.3. The van der Waals surface area contributed by atoms with Crippen molar-refractivity contribution in [3.63, 3.8) is 0 Å². The van der Waals surface area contributed by atoms with Gasteiger partial charge in [-0.2, -0.15) is 13.2 Å². The summed E-state index contributed by atoms with van der Waals surface area (Å²) in [7, 11) is 4.17. The molecule has 87 heavy (non-hydrogen) atoms. The molecule has 3 aliphatic rings. The Hall–Kier alpha value is -6.94. The number of amides is 8. The molecule has 0 saturated carbocycles. The summed E-state index contributed by atoms with van der Waals surface area (Å²) in [4.78, 5) is 107. The highest BCUT2D eigenvalue weighted by Crippen LogP contribution is 2.49. The molecule has 3 aliphatic heterocycles. The first-order chi connectivity index (χ1) is 40.6. The number of nitrogens with one attached hydrogen (secondary N) is 6. The van der Waals surface area contributed by atoms with Crippen LogP contribution in [0.3, 0.4) is 0 Å². The van der Waals surface area contributed by atoms with Gasteiger partial charge in [-0.25, -0.2) is 19.2 Å². The Kier molecular flexibility index (Phi) is 24.7. The van der Waals surface area contributed by atoms with E-state index < -0.39 is 143 Å². The summed E-state index contributed by atoms with van der Waals surface area (Å²) in [5, 5.41) is 26.8. The van der Waals surface area contributed by atoms with E-state index in [0.29, 0.717) is 37.3 Å². The van der Waals surface area contributed by atoms with Crippen molar-refractivity contribution in [2.75, 3.05) is 48.7 Å². The first-order valence-electron chi connectivity index (χ1n) is 28.1. The number of carbonyl (C=O) groups excluding carboxylic acids is 8. The number of carbonyl (C=O) groups is 8. The zero-order chi connectivity index (χ0) is 64.9. The fraction of sp³-hybridized carbons (Fsp3) is 0.559. The average molecular weight is 1310 g/mol. The Morgan fingerprint density at radius 3 is 2.37 bits per heavy atom. The summed E-state index contributed by atoms with van der Waals surface area (Å²) >= 11 is 9.96. The second-order valence-corrected chi connectivity index (χ2v) is 23.9. The quantitative estimate of drug-likeness (QED) is 0.0137. The van der Waals surface area contributed by atoms with Crippen LogP contribution in [0.25, 0.3) is 0 Å². The number of rotatable bonds is 22. The van der Waals surface area contributed by atoms with E-state index in [1.54, 1.807) is 65.0 Å². The first-order valence-corrected chi connectivity index (χ1v) is 29.6. The molecule has 480 valence electrons. The number of alkyl carbamates (subject to hydrolysis) is 1. The number of allylic oxidation sites excluding steroid dienone is 3. The predicted molar refractivity (Wildman–Crippen MR) is 320 cm³/mol. The Labute approximate surface area is 516 Å². The van der Waals surface area contributed by atoms with Gasteiger partial charge >= 0.3 is 30.4 Å². The molecular weight excluding hydrogens is 1230 g/mol. The van der Waals surface area contributed by atoms with Gasteiger partial charge in [0.15, 0.2) is 5.72 Å². The van der Waals surface area contributed by atoms with Crippen LogP contribution in [0.5, 0.6) is 5.75 Å². The lowest BCUT2D eigenvalue weighted by Gasteiger charge is -2.42. The van der Waals surface area contributed by atoms with Crippen molar-refractivity contribution in [3.05, 3.63) is 82.4 Å². The van der Waals surface area contributed by atoms with Crippen molar-refractivity contribution >= 4 is 92.4 Å². The van der Waals surface area contributed by atoms with Crippen LogP contribution in [0.15, 0.2) is 66.3 Å². The SMILES string of the molecule is C=C(CBr)C(=O)OC(C)(C)CCCCC(=O)N[C@H](C(=O)N[C@@H](CCCNC(N)=O)C(=O)Nc1ccc(NC(=O)O[C@H]2CC(=O)N(C)c3cc(cc(OC)c3Cl)C/C(C)=C/C=C/[C@@H](OC)[C@@]3(O)C[C@H](OC(=O)N3)[C@@H](C)[C@@H]3O[C@@]23C)c(C(F)(F)F)c1)C(C)C. The summed E-state index contributed by atoms with van der Waals surface area (Å²) in [6.07, 6.45) is -6.68. The van der Waals surface area contributed by atoms with Crippen molar-refractivity contribution in [1.82, 2.24) is 21.3 Å². The van der Waals surface area contributed by atoms with Crippen LogP contribution >= 0.6 is 27.5 Å². The number of epoxide rings is 1. The molecule has 9 atom stereocenters. The number of ether oxygens (including phenoxy) is 6. The van der Waals surface area contributed by atoms with E-state index in [1.165, 1.54) is 33.1 Å². The predicted octanol–water partition coefficient (Wildman–Crippen LogP) is 8.24. The highest BCUT2D eigenvalue weighted by atomic mass is 79.9. The second-order valence-electron chi connectivity index (χ2n) is 22.9. The van der Waals surface area contributed by atoms with E-state index >= 15 is 13.2 Å². The highest BCUT2D eigenvalue weighted by Gasteiger charge is 2.64. The van der Waals surface area contributed by atoms with Gasteiger partial charge in [0.25, 0.3) is 0 Å². The topological polar surface area (TPSA) is 317 Å². The number of anilines is 3. The maximum Gasteiger partial charge on any atom is 0.418 e. The van der Waals surface area contributed by atoms with E-state index in [9.17, 15) is 43.5 Å². The van der Waals surface area contributed by atoms with Crippen molar-refractivity contribution in [3.8, 4) is 5.75 Å². The lowest BCUT2D eigenvalue weighted by atomic mass is 9.83. The van der Waals surface area contributed by atoms with Gasteiger partial charge in [-0.15, -0.1) is 0 Å². The molecule has 2 fully saturated rings. The lowest BCUT2D eigenvalue weighted by molar-refractivity contribution is -0.152. The van der Waals surface area contributed by atoms with Gasteiger partial charge in [-0.05, 0) is 108 Å². The minimum Gasteiger partial charge on any atom is -0.495 e. The zero-order valence-electron chi connectivity index (χ0n) is 50.3. The number of esters is 1. The number of aliphatic hydroxyl groups is 1. The van der Waals surface area contributed by atoms with Gasteiger partial charge in [-0.1, -0.05) is 78.7 Å². The Balaban J connectivity index is 1.38. The molecule has 2 aromatic carbocycles. The highest BCUT2D eigenvalue weighted by molar-refractivity contribution is 9.09. The van der Waals surface area contributed by atoms with Gasteiger partial charge in [0, 0.05) is 56.1 Å². The van der Waals surface area contributed by atoms with Crippen LogP contribution in [0.2, 0.25) is 5.02 Å². The second kappa shape index (κ2) is 30.3. The summed E-state index contributed by atoms with van der Waals surface area (Å²) in [6, 6.07) is 2.30. The third-order valence-corrected chi connectivity index (χ3v) is 16.2. The van der Waals surface area contributed by atoms with Crippen LogP contribution in [0, 0.1) is 11.8 Å². The lowest BCUT2D eigenvalue weighted by Crippen LogP contribution is -2.63. The molecule has 2 aromatic rings. The number of fused-ring (bicyclic) bond motifs is 5. The number of methoxy groups -OCH3 is 2. The maximum absolute atomic E-state index is 15.1. The number of primary amides is 1. The molecule has 0 spiro atoms. The number of urea groups is 1. The van der Waals surface area contributed by atoms with Gasteiger partial charge in [0.1, 0.15) is 52.4 Å². The molecular formula is C59H79BrClF3N8O15. The molecule has 28 heteroatoms. The number of unbranched alkanes of at least 4 members (excludes halogenated alkanes) is 1. The monoisotopic (exact) mass is 1310 g/mol. The number of nitrogens with two attached hydrogens (primary N) is 1. The standard InChI is InChI=1S/C59H79BrClF3N8O15/c1-31(2)48(70-45(73)19-12-13-22-56(6,7)87-52(77)33(4)30-60)51(76)68-39(17-15-23-66-53(65)78)50(75)67-36-20-21-38(37(27-36)59(62,63)64)69-54(79)85-44-28-46(74)72(9)40-25-35(26-41(82-10)47(40)61)24-32(3)16-14-18-43(83-11)58(81)29-42(84-55(80)71-58)34(5)49-57(44,8)86-49/h14,16,18,20-21,25-27,31,34,39,42-44,48-49,81H,4,12-13,15,17,19,22-24,28-30H2,1-3,5-11H3,(H,67,75)(H,68,76)(H,69,79)(H,70,73)(H,71,80)(H3,65,66,78)/b18-14+,32-16+/t34-,39+,42+,43-,44+,48+,49+,57+,58+/m1/s1. The fourth-order valence-electron chi connectivity index (χ4n) is 10.2. The van der Waals surface area contributed by atoms with Crippen LogP contribution < -0.4 is 47.3 Å². The minimum absolute atomic E-state index is 0.00753. The normalized spacial score (nSPS) is 24.0. The summed E-state index contributed by atoms with van der Waals surface area (Å²) in [5.74, 6) is -4.57. The van der Waals surface area contributed by atoms with Gasteiger partial charge in [-0.3, -0.25) is 29.8 Å². The first kappa shape index (κ1) is 70.8. The van der Waals surface area contributed by atoms with Crippen LogP contribution in [0.4, 0.5) is 44.6 Å². The fourth-order valence-corrected chi connectivity index (χ4v) is 10.7. The molecule has 3 heterocycles. The van der Waals surface area contributed by atoms with Gasteiger partial charge in [0.2, 0.25) is 23.6 Å². The zero-order valence-corrected chi connectivity index (χ0v) is 52.6. The summed E-state index contributed by atoms with van der Waals surface area (Å²) in [5.41, 5.74) is 0.0161. The molecule has 2 saturated heterocycles. The molecule has 9 N–H and O–H groups in total. The third kappa shape index (κ3) is 19.5. The number of nitrogens with zero attached hydrogens (tertiary/aromatic N) is 1. The number of hydrogen-bond acceptors (Lipinski definition) is 15.